The summed E-state index contributed by atoms with van der Waals surface area (Å²) in [6.07, 6.45) is 5.37. The molecule has 0 aliphatic carbocycles. The van der Waals surface area contributed by atoms with Crippen molar-refractivity contribution in [2.75, 3.05) is 19.6 Å². The monoisotopic (exact) mass is 434 g/mol. The Bertz CT molecular complexity index is 1070. The highest BCUT2D eigenvalue weighted by atomic mass is 19.1. The van der Waals surface area contributed by atoms with Crippen molar-refractivity contribution in [1.29, 1.82) is 0 Å². The number of nitrogens with zero attached hydrogens (tertiary/aromatic N) is 3. The van der Waals surface area contributed by atoms with Crippen LogP contribution in [0.5, 0.6) is 0 Å². The molecule has 3 aromatic rings. The van der Waals surface area contributed by atoms with E-state index >= 15 is 0 Å². The number of benzene rings is 2. The summed E-state index contributed by atoms with van der Waals surface area (Å²) in [6.45, 7) is 7.21. The number of carbonyl (C=O) groups excluding carboxylic acids is 1. The highest BCUT2D eigenvalue weighted by Gasteiger charge is 2.22. The van der Waals surface area contributed by atoms with Crippen molar-refractivity contribution < 1.29 is 9.18 Å². The van der Waals surface area contributed by atoms with E-state index in [1.807, 2.05) is 22.9 Å². The van der Waals surface area contributed by atoms with E-state index in [1.54, 1.807) is 19.1 Å². The van der Waals surface area contributed by atoms with Gasteiger partial charge in [-0.1, -0.05) is 24.3 Å². The fraction of sp³-hybridized carbons (Fsp3) is 0.385. The Hall–Kier alpha value is -2.99. The Kier molecular flexibility index (Phi) is 7.00. The van der Waals surface area contributed by atoms with Crippen LogP contribution in [-0.2, 0) is 11.3 Å². The number of hydrogen-bond donors (Lipinski definition) is 1. The van der Waals surface area contributed by atoms with E-state index < -0.39 is 0 Å². The maximum atomic E-state index is 13.9. The Morgan fingerprint density at radius 3 is 2.66 bits per heavy atom. The first-order valence-electron chi connectivity index (χ1n) is 11.4. The molecule has 1 amide bonds. The average molecular weight is 435 g/mol. The lowest BCUT2D eigenvalue weighted by molar-refractivity contribution is -0.119. The smallest absolute Gasteiger partial charge is 0.216 e. The van der Waals surface area contributed by atoms with E-state index in [4.69, 9.17) is 5.10 Å². The van der Waals surface area contributed by atoms with E-state index in [-0.39, 0.29) is 11.7 Å². The van der Waals surface area contributed by atoms with E-state index in [0.717, 1.165) is 67.9 Å². The lowest BCUT2D eigenvalue weighted by atomic mass is 9.93. The van der Waals surface area contributed by atoms with Crippen LogP contribution in [0.1, 0.15) is 37.3 Å². The third-order valence-corrected chi connectivity index (χ3v) is 6.18. The molecule has 6 heteroatoms. The lowest BCUT2D eigenvalue weighted by Gasteiger charge is -2.31. The van der Waals surface area contributed by atoms with Crippen LogP contribution in [0.25, 0.3) is 16.9 Å². The van der Waals surface area contributed by atoms with Gasteiger partial charge >= 0.3 is 0 Å². The maximum Gasteiger partial charge on any atom is 0.216 e. The zero-order valence-electron chi connectivity index (χ0n) is 18.9. The first-order valence-corrected chi connectivity index (χ1v) is 11.4. The minimum Gasteiger partial charge on any atom is -0.356 e. The van der Waals surface area contributed by atoms with Crippen LogP contribution in [0.2, 0.25) is 0 Å². The number of likely N-dealkylation sites (tertiary alicyclic amines) is 1. The van der Waals surface area contributed by atoms with E-state index in [0.29, 0.717) is 5.92 Å². The number of carbonyl (C=O) groups is 1. The van der Waals surface area contributed by atoms with Gasteiger partial charge in [-0.3, -0.25) is 9.69 Å². The van der Waals surface area contributed by atoms with Crippen molar-refractivity contribution in [2.45, 2.75) is 39.7 Å². The number of hydrogen-bond acceptors (Lipinski definition) is 3. The summed E-state index contributed by atoms with van der Waals surface area (Å²) in [4.78, 5) is 13.5. The second-order valence-corrected chi connectivity index (χ2v) is 8.79. The van der Waals surface area contributed by atoms with E-state index in [1.165, 1.54) is 11.6 Å². The minimum absolute atomic E-state index is 0.0398. The minimum atomic E-state index is -0.251. The van der Waals surface area contributed by atoms with Gasteiger partial charge in [0.1, 0.15) is 5.82 Å². The molecule has 2 heterocycles. The van der Waals surface area contributed by atoms with Crippen molar-refractivity contribution in [3.05, 3.63) is 71.7 Å². The van der Waals surface area contributed by atoms with Crippen LogP contribution < -0.4 is 5.32 Å². The predicted molar refractivity (Wildman–Crippen MR) is 125 cm³/mol. The van der Waals surface area contributed by atoms with Gasteiger partial charge in [-0.15, -0.1) is 0 Å². The molecule has 1 fully saturated rings. The maximum absolute atomic E-state index is 13.9. The Balaban J connectivity index is 1.51. The van der Waals surface area contributed by atoms with E-state index in [9.17, 15) is 9.18 Å². The molecule has 0 spiro atoms. The lowest BCUT2D eigenvalue weighted by Crippen LogP contribution is -2.34. The molecule has 168 valence electrons. The Labute approximate surface area is 189 Å². The molecule has 1 aliphatic rings. The Morgan fingerprint density at radius 2 is 1.94 bits per heavy atom. The molecule has 0 atom stereocenters. The molecular weight excluding hydrogens is 403 g/mol. The molecule has 0 radical (unpaired) electrons. The van der Waals surface area contributed by atoms with Crippen LogP contribution in [-0.4, -0.2) is 40.2 Å². The number of amides is 1. The van der Waals surface area contributed by atoms with Crippen LogP contribution in [0.3, 0.4) is 0 Å². The van der Waals surface area contributed by atoms with Crippen molar-refractivity contribution >= 4 is 5.91 Å². The number of halogens is 1. The molecule has 4 rings (SSSR count). The number of aryl methyl sites for hydroxylation is 1. The van der Waals surface area contributed by atoms with Crippen LogP contribution in [0.15, 0.2) is 54.7 Å². The molecule has 5 nitrogen and oxygen atoms in total. The highest BCUT2D eigenvalue weighted by Crippen LogP contribution is 2.28. The average Bonchev–Trinajstić information content (AvgIpc) is 3.19. The van der Waals surface area contributed by atoms with Crippen molar-refractivity contribution in [3.63, 3.8) is 0 Å². The Morgan fingerprint density at radius 1 is 1.16 bits per heavy atom. The molecule has 1 aromatic heterocycles. The molecule has 0 bridgehead atoms. The number of piperidine rings is 1. The van der Waals surface area contributed by atoms with Gasteiger partial charge in [0.15, 0.2) is 0 Å². The second-order valence-electron chi connectivity index (χ2n) is 8.79. The normalized spacial score (nSPS) is 15.1. The topological polar surface area (TPSA) is 50.2 Å². The zero-order valence-corrected chi connectivity index (χ0v) is 18.9. The van der Waals surface area contributed by atoms with E-state index in [2.05, 4.69) is 35.5 Å². The van der Waals surface area contributed by atoms with Gasteiger partial charge in [0.25, 0.3) is 0 Å². The summed E-state index contributed by atoms with van der Waals surface area (Å²) in [5.41, 5.74) is 4.92. The standard InChI is InChI=1S/C26H31FN4O/c1-19-5-3-8-25(15-19)31-18-23(26(29-31)22-6-4-7-24(27)16-22)17-30-13-10-21(11-14-30)9-12-28-20(2)32/h3-8,15-16,18,21H,9-14,17H2,1-2H3,(H,28,32). The van der Waals surface area contributed by atoms with Crippen molar-refractivity contribution in [3.8, 4) is 16.9 Å². The first-order chi connectivity index (χ1) is 15.5. The number of nitrogens with one attached hydrogen (secondary N) is 1. The van der Waals surface area contributed by atoms with Gasteiger partial charge in [-0.2, -0.15) is 5.10 Å². The summed E-state index contributed by atoms with van der Waals surface area (Å²) in [6, 6.07) is 14.9. The molecule has 32 heavy (non-hydrogen) atoms. The molecule has 1 aliphatic heterocycles. The molecule has 1 saturated heterocycles. The largest absolute Gasteiger partial charge is 0.356 e. The van der Waals surface area contributed by atoms with Crippen LogP contribution in [0.4, 0.5) is 4.39 Å². The summed E-state index contributed by atoms with van der Waals surface area (Å²) in [5.74, 6) is 0.437. The molecule has 0 saturated carbocycles. The fourth-order valence-corrected chi connectivity index (χ4v) is 4.43. The highest BCUT2D eigenvalue weighted by molar-refractivity contribution is 5.72. The summed E-state index contributed by atoms with van der Waals surface area (Å²) in [5, 5.41) is 7.76. The third kappa shape index (κ3) is 5.62. The first kappa shape index (κ1) is 22.2. The molecule has 2 aromatic carbocycles. The second kappa shape index (κ2) is 10.1. The summed E-state index contributed by atoms with van der Waals surface area (Å²) >= 11 is 0. The van der Waals surface area contributed by atoms with Crippen molar-refractivity contribution in [1.82, 2.24) is 20.0 Å². The van der Waals surface area contributed by atoms with Gasteiger partial charge in [-0.05, 0) is 75.0 Å². The van der Waals surface area contributed by atoms with Gasteiger partial charge in [0.2, 0.25) is 5.91 Å². The molecule has 0 unspecified atom stereocenters. The fourth-order valence-electron chi connectivity index (χ4n) is 4.43. The van der Waals surface area contributed by atoms with Crippen LogP contribution in [0, 0.1) is 18.7 Å². The summed E-state index contributed by atoms with van der Waals surface area (Å²) < 4.78 is 15.9. The molecule has 1 N–H and O–H groups in total. The van der Waals surface area contributed by atoms with Gasteiger partial charge < -0.3 is 5.32 Å². The third-order valence-electron chi connectivity index (χ3n) is 6.18. The van der Waals surface area contributed by atoms with Gasteiger partial charge in [-0.25, -0.2) is 9.07 Å². The van der Waals surface area contributed by atoms with Gasteiger partial charge in [0, 0.05) is 37.3 Å². The van der Waals surface area contributed by atoms with Crippen molar-refractivity contribution in [2.24, 2.45) is 5.92 Å². The summed E-state index contributed by atoms with van der Waals surface area (Å²) in [7, 11) is 0. The quantitative estimate of drug-likeness (QED) is 0.585. The van der Waals surface area contributed by atoms with Crippen LogP contribution >= 0.6 is 0 Å². The SMILES string of the molecule is CC(=O)NCCC1CCN(Cc2cn(-c3cccc(C)c3)nc2-c2cccc(F)c2)CC1. The number of aromatic nitrogens is 2. The molecular formula is C26H31FN4O. The zero-order chi connectivity index (χ0) is 22.5. The predicted octanol–water partition coefficient (Wildman–Crippen LogP) is 4.73. The van der Waals surface area contributed by atoms with Gasteiger partial charge in [0.05, 0.1) is 11.4 Å². The number of rotatable bonds is 7.